The standard InChI is InChI=1S/C26H21F2NO6/c1-14-2-6-18(12-19(14)15-3-4-16(13-30)20(10-15)23(31)32)29-24(33)25(8-9-25)17-5-7-21-22(11-17)35-26(27,28)34-21/h2-7,10-12,30H,8-9,13H2,1H3,(H,29,33)(H,31,32). The fourth-order valence-corrected chi connectivity index (χ4v) is 4.36. The second-order valence-corrected chi connectivity index (χ2v) is 8.73. The first-order valence-corrected chi connectivity index (χ1v) is 10.9. The molecule has 1 amide bonds. The maximum absolute atomic E-state index is 13.4. The molecule has 0 atom stereocenters. The van der Waals surface area contributed by atoms with E-state index in [2.05, 4.69) is 14.8 Å². The van der Waals surface area contributed by atoms with Crippen LogP contribution < -0.4 is 14.8 Å². The lowest BCUT2D eigenvalue weighted by atomic mass is 9.93. The first-order chi connectivity index (χ1) is 16.6. The van der Waals surface area contributed by atoms with E-state index >= 15 is 0 Å². The summed E-state index contributed by atoms with van der Waals surface area (Å²) in [5.74, 6) is -1.61. The number of aliphatic hydroxyl groups excluding tert-OH is 1. The molecule has 9 heteroatoms. The summed E-state index contributed by atoms with van der Waals surface area (Å²) in [6.45, 7) is 1.47. The molecule has 3 aromatic rings. The highest BCUT2D eigenvalue weighted by atomic mass is 19.3. The van der Waals surface area contributed by atoms with Gasteiger partial charge in [-0.15, -0.1) is 8.78 Å². The Morgan fingerprint density at radius 3 is 2.43 bits per heavy atom. The zero-order valence-corrected chi connectivity index (χ0v) is 18.6. The van der Waals surface area contributed by atoms with E-state index in [1.54, 1.807) is 30.3 Å². The van der Waals surface area contributed by atoms with Gasteiger partial charge in [-0.3, -0.25) is 4.79 Å². The van der Waals surface area contributed by atoms with Crippen molar-refractivity contribution in [2.24, 2.45) is 0 Å². The Bertz CT molecular complexity index is 1370. The van der Waals surface area contributed by atoms with Gasteiger partial charge >= 0.3 is 12.3 Å². The Kier molecular flexibility index (Phi) is 5.25. The van der Waals surface area contributed by atoms with Crippen LogP contribution >= 0.6 is 0 Å². The van der Waals surface area contributed by atoms with Crippen molar-refractivity contribution >= 4 is 17.6 Å². The van der Waals surface area contributed by atoms with Gasteiger partial charge in [0.05, 0.1) is 17.6 Å². The van der Waals surface area contributed by atoms with E-state index in [1.807, 2.05) is 13.0 Å². The minimum atomic E-state index is -3.73. The number of hydrogen-bond donors (Lipinski definition) is 3. The molecule has 7 nitrogen and oxygen atoms in total. The molecule has 3 aromatic carbocycles. The fraction of sp³-hybridized carbons (Fsp3) is 0.231. The number of alkyl halides is 2. The number of carbonyl (C=O) groups is 2. The minimum absolute atomic E-state index is 0.00385. The molecule has 0 saturated heterocycles. The van der Waals surface area contributed by atoms with Crippen molar-refractivity contribution in [3.8, 4) is 22.6 Å². The molecule has 1 aliphatic carbocycles. The van der Waals surface area contributed by atoms with Gasteiger partial charge < -0.3 is 25.0 Å². The van der Waals surface area contributed by atoms with E-state index in [-0.39, 0.29) is 23.0 Å². The second kappa shape index (κ2) is 8.06. The largest absolute Gasteiger partial charge is 0.586 e. The normalized spacial score (nSPS) is 16.6. The van der Waals surface area contributed by atoms with Crippen LogP contribution in [0, 0.1) is 6.92 Å². The Hall–Kier alpha value is -3.98. The number of aryl methyl sites for hydroxylation is 1. The van der Waals surface area contributed by atoms with Gasteiger partial charge in [0.2, 0.25) is 5.91 Å². The van der Waals surface area contributed by atoms with Crippen LogP contribution in [0.1, 0.15) is 39.9 Å². The molecule has 1 saturated carbocycles. The molecule has 0 bridgehead atoms. The summed E-state index contributed by atoms with van der Waals surface area (Å²) in [6.07, 6.45) is -2.62. The van der Waals surface area contributed by atoms with Crippen LogP contribution in [0.3, 0.4) is 0 Å². The van der Waals surface area contributed by atoms with Crippen LogP contribution in [0.15, 0.2) is 54.6 Å². The van der Waals surface area contributed by atoms with E-state index in [0.29, 0.717) is 35.2 Å². The third kappa shape index (κ3) is 4.08. The zero-order valence-electron chi connectivity index (χ0n) is 18.6. The molecule has 1 fully saturated rings. The summed E-state index contributed by atoms with van der Waals surface area (Å²) >= 11 is 0. The van der Waals surface area contributed by atoms with Crippen molar-refractivity contribution in [3.63, 3.8) is 0 Å². The number of aromatic carboxylic acids is 1. The Balaban J connectivity index is 1.41. The number of nitrogens with one attached hydrogen (secondary N) is 1. The van der Waals surface area contributed by atoms with Crippen molar-refractivity contribution < 1.29 is 38.1 Å². The number of amides is 1. The van der Waals surface area contributed by atoms with Gasteiger partial charge in [0.1, 0.15) is 0 Å². The Morgan fingerprint density at radius 1 is 1.00 bits per heavy atom. The number of ether oxygens (including phenoxy) is 2. The number of carboxylic acid groups (broad SMARTS) is 1. The van der Waals surface area contributed by atoms with Crippen molar-refractivity contribution in [3.05, 3.63) is 76.9 Å². The molecule has 0 radical (unpaired) electrons. The molecule has 35 heavy (non-hydrogen) atoms. The molecule has 1 heterocycles. The number of hydrogen-bond acceptors (Lipinski definition) is 5. The first-order valence-electron chi connectivity index (χ1n) is 10.9. The van der Waals surface area contributed by atoms with Crippen molar-refractivity contribution in [1.82, 2.24) is 0 Å². The summed E-state index contributed by atoms with van der Waals surface area (Å²) in [4.78, 5) is 24.8. The van der Waals surface area contributed by atoms with Crippen LogP contribution in [0.4, 0.5) is 14.5 Å². The first kappa shape index (κ1) is 22.8. The molecule has 2 aliphatic rings. The lowest BCUT2D eigenvalue weighted by molar-refractivity contribution is -0.286. The molecular formula is C26H21F2NO6. The molecule has 3 N–H and O–H groups in total. The summed E-state index contributed by atoms with van der Waals surface area (Å²) < 4.78 is 35.7. The van der Waals surface area contributed by atoms with Gasteiger partial charge in [-0.25, -0.2) is 4.79 Å². The number of halogens is 2. The lowest BCUT2D eigenvalue weighted by Gasteiger charge is -2.17. The van der Waals surface area contributed by atoms with Crippen LogP contribution in [-0.2, 0) is 16.8 Å². The lowest BCUT2D eigenvalue weighted by Crippen LogP contribution is -2.28. The number of anilines is 1. The fourth-order valence-electron chi connectivity index (χ4n) is 4.36. The van der Waals surface area contributed by atoms with E-state index in [1.165, 1.54) is 18.2 Å². The van der Waals surface area contributed by atoms with Gasteiger partial charge in [-0.05, 0) is 77.9 Å². The van der Waals surface area contributed by atoms with Gasteiger partial charge in [-0.1, -0.05) is 24.3 Å². The number of carbonyl (C=O) groups excluding carboxylic acids is 1. The third-order valence-corrected chi connectivity index (χ3v) is 6.46. The Labute approximate surface area is 198 Å². The third-order valence-electron chi connectivity index (χ3n) is 6.46. The van der Waals surface area contributed by atoms with Crippen LogP contribution in [0.2, 0.25) is 0 Å². The number of fused-ring (bicyclic) bond motifs is 1. The summed E-state index contributed by atoms with van der Waals surface area (Å²) in [5.41, 5.74) is 2.75. The summed E-state index contributed by atoms with van der Waals surface area (Å²) in [5, 5.41) is 21.8. The average molecular weight is 481 g/mol. The van der Waals surface area contributed by atoms with Crippen LogP contribution in [0.5, 0.6) is 11.5 Å². The number of aliphatic hydroxyl groups is 1. The summed E-state index contributed by atoms with van der Waals surface area (Å²) in [7, 11) is 0. The zero-order chi connectivity index (χ0) is 25.0. The van der Waals surface area contributed by atoms with E-state index in [4.69, 9.17) is 0 Å². The van der Waals surface area contributed by atoms with Crippen molar-refractivity contribution in [1.29, 1.82) is 0 Å². The highest BCUT2D eigenvalue weighted by Gasteiger charge is 2.52. The van der Waals surface area contributed by atoms with E-state index < -0.39 is 24.3 Å². The van der Waals surface area contributed by atoms with Gasteiger partial charge in [0.25, 0.3) is 0 Å². The predicted octanol–water partition coefficient (Wildman–Crippen LogP) is 4.84. The number of benzene rings is 3. The molecule has 5 rings (SSSR count). The topological polar surface area (TPSA) is 105 Å². The SMILES string of the molecule is Cc1ccc(NC(=O)C2(c3ccc4c(c3)OC(F)(F)O4)CC2)cc1-c1ccc(CO)c(C(=O)O)c1. The molecular weight excluding hydrogens is 460 g/mol. The highest BCUT2D eigenvalue weighted by Crippen LogP contribution is 2.52. The second-order valence-electron chi connectivity index (χ2n) is 8.73. The molecule has 0 aromatic heterocycles. The van der Waals surface area contributed by atoms with Crippen molar-refractivity contribution in [2.75, 3.05) is 5.32 Å². The van der Waals surface area contributed by atoms with Gasteiger partial charge in [0.15, 0.2) is 11.5 Å². The number of carboxylic acids is 1. The smallest absolute Gasteiger partial charge is 0.478 e. The van der Waals surface area contributed by atoms with Crippen molar-refractivity contribution in [2.45, 2.75) is 38.1 Å². The number of rotatable bonds is 6. The highest BCUT2D eigenvalue weighted by molar-refractivity contribution is 6.02. The molecule has 0 spiro atoms. The minimum Gasteiger partial charge on any atom is -0.478 e. The van der Waals surface area contributed by atoms with Gasteiger partial charge in [0, 0.05) is 5.69 Å². The predicted molar refractivity (Wildman–Crippen MR) is 122 cm³/mol. The molecule has 1 aliphatic heterocycles. The summed E-state index contributed by atoms with van der Waals surface area (Å²) in [6, 6.07) is 14.5. The quantitative estimate of drug-likeness (QED) is 0.465. The van der Waals surface area contributed by atoms with Gasteiger partial charge in [-0.2, -0.15) is 0 Å². The maximum Gasteiger partial charge on any atom is 0.586 e. The molecule has 0 unspecified atom stereocenters. The maximum atomic E-state index is 13.4. The van der Waals surface area contributed by atoms with Crippen LogP contribution in [-0.4, -0.2) is 28.4 Å². The van der Waals surface area contributed by atoms with E-state index in [9.17, 15) is 28.6 Å². The Morgan fingerprint density at radius 2 is 1.74 bits per heavy atom. The molecule has 180 valence electrons. The average Bonchev–Trinajstić information content (AvgIpc) is 3.57. The monoisotopic (exact) mass is 481 g/mol. The van der Waals surface area contributed by atoms with E-state index in [0.717, 1.165) is 11.1 Å². The van der Waals surface area contributed by atoms with Crippen LogP contribution in [0.25, 0.3) is 11.1 Å².